The zero-order valence-corrected chi connectivity index (χ0v) is 16.5. The molecule has 9 heteroatoms. The van der Waals surface area contributed by atoms with Gasteiger partial charge in [-0.05, 0) is 38.0 Å². The van der Waals surface area contributed by atoms with Crippen molar-refractivity contribution in [2.45, 2.75) is 19.8 Å². The first-order valence-electron chi connectivity index (χ1n) is 9.68. The van der Waals surface area contributed by atoms with Crippen molar-refractivity contribution in [1.82, 2.24) is 24.6 Å². The van der Waals surface area contributed by atoms with E-state index < -0.39 is 18.4 Å². The summed E-state index contributed by atoms with van der Waals surface area (Å²) in [4.78, 5) is 46.0. The number of carbonyl (C=O) groups excluding carboxylic acids is 3. The van der Waals surface area contributed by atoms with Gasteiger partial charge in [0.2, 0.25) is 5.78 Å². The van der Waals surface area contributed by atoms with Crippen molar-refractivity contribution in [3.8, 4) is 5.82 Å². The molecule has 0 unspecified atom stereocenters. The van der Waals surface area contributed by atoms with E-state index in [1.54, 1.807) is 30.2 Å². The average molecular weight is 407 g/mol. The van der Waals surface area contributed by atoms with Crippen molar-refractivity contribution >= 4 is 17.7 Å². The molecule has 3 aromatic rings. The standard InChI is InChI=1S/C21H21N5O4/c1-14-16(12-24-26(14)19-6-2-3-7-22-19)21(29)30-13-18(27)15-10-17(23-11-15)20(28)25-8-4-5-9-25/h2-3,6-7,10-12,23H,4-5,8-9,13H2,1H3. The van der Waals surface area contributed by atoms with Crippen LogP contribution in [0.3, 0.4) is 0 Å². The van der Waals surface area contributed by atoms with E-state index in [-0.39, 0.29) is 11.5 Å². The smallest absolute Gasteiger partial charge is 0.342 e. The van der Waals surface area contributed by atoms with Crippen LogP contribution >= 0.6 is 0 Å². The molecule has 0 aromatic carbocycles. The first-order chi connectivity index (χ1) is 14.5. The number of esters is 1. The van der Waals surface area contributed by atoms with Gasteiger partial charge < -0.3 is 14.6 Å². The van der Waals surface area contributed by atoms with E-state index in [1.165, 1.54) is 23.1 Å². The number of rotatable bonds is 6. The Morgan fingerprint density at radius 1 is 1.20 bits per heavy atom. The van der Waals surface area contributed by atoms with Crippen LogP contribution in [-0.4, -0.2) is 62.0 Å². The summed E-state index contributed by atoms with van der Waals surface area (Å²) >= 11 is 0. The van der Waals surface area contributed by atoms with Crippen LogP contribution in [0.25, 0.3) is 5.82 Å². The lowest BCUT2D eigenvalue weighted by atomic mass is 10.2. The molecule has 1 N–H and O–H groups in total. The van der Waals surface area contributed by atoms with Gasteiger partial charge in [0.15, 0.2) is 12.4 Å². The van der Waals surface area contributed by atoms with Crippen LogP contribution in [-0.2, 0) is 4.74 Å². The molecule has 0 saturated carbocycles. The Hall–Kier alpha value is -3.75. The molecule has 1 amide bonds. The predicted molar refractivity (Wildman–Crippen MR) is 107 cm³/mol. The number of aromatic amines is 1. The van der Waals surface area contributed by atoms with Crippen LogP contribution in [0.1, 0.15) is 49.7 Å². The predicted octanol–water partition coefficient (Wildman–Crippen LogP) is 2.18. The fourth-order valence-corrected chi connectivity index (χ4v) is 3.38. The highest BCUT2D eigenvalue weighted by Gasteiger charge is 2.23. The van der Waals surface area contributed by atoms with E-state index >= 15 is 0 Å². The van der Waals surface area contributed by atoms with Gasteiger partial charge in [0.1, 0.15) is 11.3 Å². The zero-order chi connectivity index (χ0) is 21.1. The molecule has 4 heterocycles. The molecule has 1 fully saturated rings. The highest BCUT2D eigenvalue weighted by atomic mass is 16.5. The largest absolute Gasteiger partial charge is 0.454 e. The SMILES string of the molecule is Cc1c(C(=O)OCC(=O)c2c[nH]c(C(=O)N3CCCC3)c2)cnn1-c1ccccn1. The summed E-state index contributed by atoms with van der Waals surface area (Å²) in [6.45, 7) is 2.75. The van der Waals surface area contributed by atoms with Crippen LogP contribution < -0.4 is 0 Å². The molecule has 0 spiro atoms. The van der Waals surface area contributed by atoms with E-state index in [1.807, 2.05) is 6.07 Å². The van der Waals surface area contributed by atoms with E-state index in [9.17, 15) is 14.4 Å². The molecule has 0 aliphatic carbocycles. The summed E-state index contributed by atoms with van der Waals surface area (Å²) in [5.74, 6) is -0.587. The fraction of sp³-hybridized carbons (Fsp3) is 0.286. The zero-order valence-electron chi connectivity index (χ0n) is 16.5. The molecule has 1 aliphatic rings. The average Bonchev–Trinajstić information content (AvgIpc) is 3.52. The molecule has 3 aromatic heterocycles. The fourth-order valence-electron chi connectivity index (χ4n) is 3.38. The summed E-state index contributed by atoms with van der Waals surface area (Å²) < 4.78 is 6.70. The Kier molecular flexibility index (Phi) is 5.42. The van der Waals surface area contributed by atoms with Crippen LogP contribution in [0.2, 0.25) is 0 Å². The molecule has 1 saturated heterocycles. The summed E-state index contributed by atoms with van der Waals surface area (Å²) in [7, 11) is 0. The topological polar surface area (TPSA) is 110 Å². The Morgan fingerprint density at radius 2 is 2.00 bits per heavy atom. The molecule has 0 atom stereocenters. The molecule has 0 radical (unpaired) electrons. The second-order valence-electron chi connectivity index (χ2n) is 7.04. The van der Waals surface area contributed by atoms with Crippen molar-refractivity contribution < 1.29 is 19.1 Å². The third-order valence-corrected chi connectivity index (χ3v) is 5.06. The molecular formula is C21H21N5O4. The number of amides is 1. The van der Waals surface area contributed by atoms with Gasteiger partial charge in [0.05, 0.1) is 11.9 Å². The quantitative estimate of drug-likeness (QED) is 0.495. The number of likely N-dealkylation sites (tertiary alicyclic amines) is 1. The lowest BCUT2D eigenvalue weighted by Gasteiger charge is -2.13. The van der Waals surface area contributed by atoms with Crippen molar-refractivity contribution in [3.63, 3.8) is 0 Å². The summed E-state index contributed by atoms with van der Waals surface area (Å²) in [6, 6.07) is 6.88. The molecule has 1 aliphatic heterocycles. The third kappa shape index (κ3) is 3.86. The number of ketones is 1. The lowest BCUT2D eigenvalue weighted by Crippen LogP contribution is -2.27. The number of ether oxygens (including phenoxy) is 1. The van der Waals surface area contributed by atoms with Crippen LogP contribution in [0.5, 0.6) is 0 Å². The Morgan fingerprint density at radius 3 is 2.73 bits per heavy atom. The highest BCUT2D eigenvalue weighted by molar-refractivity contribution is 6.02. The van der Waals surface area contributed by atoms with Crippen LogP contribution in [0.4, 0.5) is 0 Å². The molecule has 30 heavy (non-hydrogen) atoms. The molecule has 154 valence electrons. The van der Waals surface area contributed by atoms with Crippen molar-refractivity contribution in [2.75, 3.05) is 19.7 Å². The Balaban J connectivity index is 1.38. The maximum absolute atomic E-state index is 12.4. The second kappa shape index (κ2) is 8.32. The van der Waals surface area contributed by atoms with E-state index in [2.05, 4.69) is 15.1 Å². The number of nitrogens with one attached hydrogen (secondary N) is 1. The first-order valence-corrected chi connectivity index (χ1v) is 9.68. The van der Waals surface area contributed by atoms with E-state index in [4.69, 9.17) is 4.74 Å². The molecule has 0 bridgehead atoms. The molecular weight excluding hydrogens is 386 g/mol. The Labute approximate surface area is 172 Å². The number of aromatic nitrogens is 4. The molecule has 4 rings (SSSR count). The van der Waals surface area contributed by atoms with Gasteiger partial charge in [-0.3, -0.25) is 9.59 Å². The van der Waals surface area contributed by atoms with Crippen LogP contribution in [0, 0.1) is 6.92 Å². The number of pyridine rings is 1. The van der Waals surface area contributed by atoms with Crippen molar-refractivity contribution in [3.05, 3.63) is 65.4 Å². The third-order valence-electron chi connectivity index (χ3n) is 5.06. The minimum absolute atomic E-state index is 0.124. The van der Waals surface area contributed by atoms with Crippen molar-refractivity contribution in [2.24, 2.45) is 0 Å². The van der Waals surface area contributed by atoms with Gasteiger partial charge in [-0.25, -0.2) is 14.5 Å². The number of Topliss-reactive ketones (excluding diaryl/α,β-unsaturated/α-hetero) is 1. The van der Waals surface area contributed by atoms with Gasteiger partial charge in [-0.15, -0.1) is 0 Å². The normalized spacial score (nSPS) is 13.4. The number of nitrogens with zero attached hydrogens (tertiary/aromatic N) is 4. The van der Waals surface area contributed by atoms with Gasteiger partial charge >= 0.3 is 5.97 Å². The van der Waals surface area contributed by atoms with Gasteiger partial charge in [-0.1, -0.05) is 6.07 Å². The van der Waals surface area contributed by atoms with Gasteiger partial charge in [0, 0.05) is 31.0 Å². The van der Waals surface area contributed by atoms with Crippen molar-refractivity contribution in [1.29, 1.82) is 0 Å². The maximum Gasteiger partial charge on any atom is 0.342 e. The van der Waals surface area contributed by atoms with Crippen LogP contribution in [0.15, 0.2) is 42.9 Å². The summed E-state index contributed by atoms with van der Waals surface area (Å²) in [5, 5.41) is 4.17. The Bertz CT molecular complexity index is 1080. The molecule has 9 nitrogen and oxygen atoms in total. The number of carbonyl (C=O) groups is 3. The minimum atomic E-state index is -0.646. The maximum atomic E-state index is 12.4. The summed E-state index contributed by atoms with van der Waals surface area (Å²) in [6.07, 6.45) is 6.46. The van der Waals surface area contributed by atoms with E-state index in [0.717, 1.165) is 25.9 Å². The summed E-state index contributed by atoms with van der Waals surface area (Å²) in [5.41, 5.74) is 1.48. The second-order valence-corrected chi connectivity index (χ2v) is 7.04. The number of H-pyrrole nitrogens is 1. The van der Waals surface area contributed by atoms with Gasteiger partial charge in [-0.2, -0.15) is 5.10 Å². The van der Waals surface area contributed by atoms with E-state index in [0.29, 0.717) is 22.8 Å². The monoisotopic (exact) mass is 407 g/mol. The minimum Gasteiger partial charge on any atom is -0.454 e. The highest BCUT2D eigenvalue weighted by Crippen LogP contribution is 2.15. The lowest BCUT2D eigenvalue weighted by molar-refractivity contribution is 0.0474. The van der Waals surface area contributed by atoms with Gasteiger partial charge in [0.25, 0.3) is 5.91 Å². The number of hydrogen-bond acceptors (Lipinski definition) is 6. The first kappa shape index (κ1) is 19.6. The number of hydrogen-bond donors (Lipinski definition) is 1.